The first-order chi connectivity index (χ1) is 9.22. The molecule has 1 aromatic carbocycles. The number of ether oxygens (including phenoxy) is 1. The molecule has 2 aromatic rings. The van der Waals surface area contributed by atoms with Gasteiger partial charge in [-0.05, 0) is 49.8 Å². The second-order valence-electron chi connectivity index (χ2n) is 4.06. The molecule has 102 valence electrons. The lowest BCUT2D eigenvalue weighted by atomic mass is 10.2. The molecule has 4 nitrogen and oxygen atoms in total. The average Bonchev–Trinajstić information content (AvgIpc) is 2.77. The minimum atomic E-state index is 0.626. The van der Waals surface area contributed by atoms with E-state index in [9.17, 15) is 0 Å². The molecular weight excluding hydrogens is 282 g/mol. The molecule has 6 heteroatoms. The number of hydrogen-bond donors (Lipinski definition) is 1. The maximum atomic E-state index is 5.89. The van der Waals surface area contributed by atoms with Gasteiger partial charge < -0.3 is 9.30 Å². The van der Waals surface area contributed by atoms with Gasteiger partial charge in [-0.2, -0.15) is 5.10 Å². The van der Waals surface area contributed by atoms with Crippen molar-refractivity contribution in [2.24, 2.45) is 0 Å². The highest BCUT2D eigenvalue weighted by molar-refractivity contribution is 7.71. The van der Waals surface area contributed by atoms with Gasteiger partial charge in [0.15, 0.2) is 10.6 Å². The predicted octanol–water partition coefficient (Wildman–Crippen LogP) is 3.69. The predicted molar refractivity (Wildman–Crippen MR) is 79.0 cm³/mol. The molecule has 0 saturated heterocycles. The molecule has 0 aliphatic rings. The van der Waals surface area contributed by atoms with Gasteiger partial charge in [0.1, 0.15) is 0 Å². The fourth-order valence-corrected chi connectivity index (χ4v) is 2.16. The van der Waals surface area contributed by atoms with Gasteiger partial charge in [-0.1, -0.05) is 11.6 Å². The van der Waals surface area contributed by atoms with Crippen LogP contribution in [0.2, 0.25) is 5.02 Å². The van der Waals surface area contributed by atoms with E-state index in [1.54, 1.807) is 0 Å². The minimum absolute atomic E-state index is 0.626. The number of aromatic nitrogens is 3. The van der Waals surface area contributed by atoms with E-state index < -0.39 is 0 Å². The van der Waals surface area contributed by atoms with E-state index in [-0.39, 0.29) is 0 Å². The summed E-state index contributed by atoms with van der Waals surface area (Å²) in [6.07, 6.45) is 0.905. The molecule has 2 rings (SSSR count). The Morgan fingerprint density at radius 3 is 2.79 bits per heavy atom. The highest BCUT2D eigenvalue weighted by atomic mass is 35.5. The van der Waals surface area contributed by atoms with Crippen LogP contribution in [0.5, 0.6) is 0 Å². The van der Waals surface area contributed by atoms with Gasteiger partial charge in [0.25, 0.3) is 0 Å². The van der Waals surface area contributed by atoms with E-state index in [2.05, 4.69) is 10.2 Å². The van der Waals surface area contributed by atoms with Gasteiger partial charge in [-0.3, -0.25) is 5.10 Å². The van der Waals surface area contributed by atoms with Gasteiger partial charge in [0.05, 0.1) is 0 Å². The Morgan fingerprint density at radius 1 is 1.37 bits per heavy atom. The van der Waals surface area contributed by atoms with E-state index in [4.69, 9.17) is 28.6 Å². The van der Waals surface area contributed by atoms with Crippen molar-refractivity contribution in [2.75, 3.05) is 13.2 Å². The Hall–Kier alpha value is -1.17. The summed E-state index contributed by atoms with van der Waals surface area (Å²) in [5.41, 5.74) is 0.994. The molecule has 1 heterocycles. The lowest BCUT2D eigenvalue weighted by Gasteiger charge is -2.07. The fourth-order valence-electron chi connectivity index (χ4n) is 1.81. The molecule has 0 aliphatic heterocycles. The smallest absolute Gasteiger partial charge is 0.195 e. The summed E-state index contributed by atoms with van der Waals surface area (Å²) in [6, 6.07) is 7.57. The summed E-state index contributed by atoms with van der Waals surface area (Å²) >= 11 is 11.1. The summed E-state index contributed by atoms with van der Waals surface area (Å²) in [4.78, 5) is 0. The third-order valence-electron chi connectivity index (χ3n) is 2.74. The number of aromatic amines is 1. The van der Waals surface area contributed by atoms with Crippen LogP contribution in [0.25, 0.3) is 11.4 Å². The Kier molecular flexibility index (Phi) is 5.13. The zero-order valence-corrected chi connectivity index (χ0v) is 12.3. The minimum Gasteiger partial charge on any atom is -0.382 e. The normalized spacial score (nSPS) is 10.8. The number of nitrogens with zero attached hydrogens (tertiary/aromatic N) is 2. The zero-order chi connectivity index (χ0) is 13.7. The highest BCUT2D eigenvalue weighted by Gasteiger charge is 2.08. The van der Waals surface area contributed by atoms with E-state index >= 15 is 0 Å². The third-order valence-corrected chi connectivity index (χ3v) is 3.30. The first-order valence-corrected chi connectivity index (χ1v) is 7.00. The van der Waals surface area contributed by atoms with Crippen molar-refractivity contribution >= 4 is 23.8 Å². The van der Waals surface area contributed by atoms with Crippen LogP contribution >= 0.6 is 23.8 Å². The van der Waals surface area contributed by atoms with Gasteiger partial charge in [-0.25, -0.2) is 0 Å². The highest BCUT2D eigenvalue weighted by Crippen LogP contribution is 2.20. The van der Waals surface area contributed by atoms with Crippen LogP contribution < -0.4 is 0 Å². The van der Waals surface area contributed by atoms with Gasteiger partial charge >= 0.3 is 0 Å². The van der Waals surface area contributed by atoms with Crippen molar-refractivity contribution in [3.05, 3.63) is 34.1 Å². The van der Waals surface area contributed by atoms with Crippen molar-refractivity contribution in [2.45, 2.75) is 19.9 Å². The van der Waals surface area contributed by atoms with Crippen LogP contribution in [0.4, 0.5) is 0 Å². The van der Waals surface area contributed by atoms with Crippen molar-refractivity contribution in [1.82, 2.24) is 14.8 Å². The van der Waals surface area contributed by atoms with Gasteiger partial charge in [0, 0.05) is 30.3 Å². The Labute approximate surface area is 122 Å². The van der Waals surface area contributed by atoms with Gasteiger partial charge in [0.2, 0.25) is 0 Å². The van der Waals surface area contributed by atoms with E-state index in [1.165, 1.54) is 0 Å². The average molecular weight is 298 g/mol. The second-order valence-corrected chi connectivity index (χ2v) is 4.88. The quantitative estimate of drug-likeness (QED) is 0.653. The van der Waals surface area contributed by atoms with Crippen molar-refractivity contribution in [3.8, 4) is 11.4 Å². The molecule has 0 bridgehead atoms. The van der Waals surface area contributed by atoms with Crippen LogP contribution in [-0.4, -0.2) is 28.0 Å². The van der Waals surface area contributed by atoms with E-state index in [1.807, 2.05) is 35.8 Å². The maximum Gasteiger partial charge on any atom is 0.195 e. The van der Waals surface area contributed by atoms with Crippen LogP contribution in [0.15, 0.2) is 24.3 Å². The molecule has 1 N–H and O–H groups in total. The molecular formula is C13H16ClN3OS. The summed E-state index contributed by atoms with van der Waals surface area (Å²) in [6.45, 7) is 4.24. The largest absolute Gasteiger partial charge is 0.382 e. The second kappa shape index (κ2) is 6.84. The molecule has 0 unspecified atom stereocenters. The van der Waals surface area contributed by atoms with E-state index in [0.717, 1.165) is 37.6 Å². The number of halogens is 1. The Morgan fingerprint density at radius 2 is 2.11 bits per heavy atom. The molecule has 0 radical (unpaired) electrons. The summed E-state index contributed by atoms with van der Waals surface area (Å²) in [7, 11) is 0. The third kappa shape index (κ3) is 3.65. The lowest BCUT2D eigenvalue weighted by Crippen LogP contribution is -2.04. The maximum absolute atomic E-state index is 5.89. The van der Waals surface area contributed by atoms with Gasteiger partial charge in [-0.15, -0.1) is 0 Å². The first kappa shape index (κ1) is 14.2. The van der Waals surface area contributed by atoms with Crippen LogP contribution in [0.1, 0.15) is 13.3 Å². The lowest BCUT2D eigenvalue weighted by molar-refractivity contribution is 0.141. The van der Waals surface area contributed by atoms with Crippen molar-refractivity contribution in [3.63, 3.8) is 0 Å². The molecule has 0 atom stereocenters. The Bertz CT molecular complexity index is 576. The first-order valence-electron chi connectivity index (χ1n) is 6.21. The molecule has 0 spiro atoms. The number of nitrogens with one attached hydrogen (secondary N) is 1. The van der Waals surface area contributed by atoms with Crippen LogP contribution in [0, 0.1) is 4.77 Å². The zero-order valence-electron chi connectivity index (χ0n) is 10.7. The van der Waals surface area contributed by atoms with Crippen molar-refractivity contribution < 1.29 is 4.74 Å². The molecule has 0 fully saturated rings. The molecule has 1 aromatic heterocycles. The fraction of sp³-hybridized carbons (Fsp3) is 0.385. The molecule has 0 aliphatic carbocycles. The molecule has 19 heavy (non-hydrogen) atoms. The summed E-state index contributed by atoms with van der Waals surface area (Å²) in [5.74, 6) is 0.832. The number of H-pyrrole nitrogens is 1. The monoisotopic (exact) mass is 297 g/mol. The number of benzene rings is 1. The standard InChI is InChI=1S/C13H16ClN3OS/c1-2-18-9-3-8-17-12(15-16-13(17)19)10-4-6-11(14)7-5-10/h4-7H,2-3,8-9H2,1H3,(H,16,19). The molecule has 0 saturated carbocycles. The molecule has 0 amide bonds. The summed E-state index contributed by atoms with van der Waals surface area (Å²) in [5, 5.41) is 7.82. The Balaban J connectivity index is 2.17. The summed E-state index contributed by atoms with van der Waals surface area (Å²) < 4.78 is 7.95. The van der Waals surface area contributed by atoms with Crippen molar-refractivity contribution in [1.29, 1.82) is 0 Å². The topological polar surface area (TPSA) is 42.8 Å². The van der Waals surface area contributed by atoms with E-state index in [0.29, 0.717) is 9.79 Å². The SMILES string of the molecule is CCOCCCn1c(-c2ccc(Cl)cc2)n[nH]c1=S. The van der Waals surface area contributed by atoms with Crippen LogP contribution in [-0.2, 0) is 11.3 Å². The number of rotatable bonds is 6. The number of hydrogen-bond acceptors (Lipinski definition) is 3. The van der Waals surface area contributed by atoms with Crippen LogP contribution in [0.3, 0.4) is 0 Å².